The molecular weight excluding hydrogens is 463 g/mol. The van der Waals surface area contributed by atoms with Gasteiger partial charge in [-0.05, 0) is 66.6 Å². The minimum absolute atomic E-state index is 0.0191. The third kappa shape index (κ3) is 6.69. The molecule has 0 aromatic heterocycles. The number of anilines is 1. The van der Waals surface area contributed by atoms with Crippen molar-refractivity contribution < 1.29 is 13.2 Å². The minimum Gasteiger partial charge on any atom is -0.325 e. The Morgan fingerprint density at radius 3 is 2.38 bits per heavy atom. The molecule has 0 saturated carbocycles. The summed E-state index contributed by atoms with van der Waals surface area (Å²) in [6, 6.07) is 14.4. The molecule has 2 aromatic rings. The molecule has 0 aliphatic heterocycles. The van der Waals surface area contributed by atoms with Crippen LogP contribution in [0.4, 0.5) is 5.69 Å². The fourth-order valence-corrected chi connectivity index (χ4v) is 3.97. The number of rotatable bonds is 9. The van der Waals surface area contributed by atoms with Crippen molar-refractivity contribution in [3.8, 4) is 0 Å². The van der Waals surface area contributed by atoms with Gasteiger partial charge in [-0.15, -0.1) is 0 Å². The first-order valence-corrected chi connectivity index (χ1v) is 11.1. The molecule has 5 nitrogen and oxygen atoms in total. The quantitative estimate of drug-likeness (QED) is 0.415. The van der Waals surface area contributed by atoms with Gasteiger partial charge in [0, 0.05) is 16.5 Å². The number of unbranched alkanes of at least 4 members (excludes halogenated alkanes) is 2. The monoisotopic (exact) mass is 486 g/mol. The molecule has 0 radical (unpaired) electrons. The highest BCUT2D eigenvalue weighted by Crippen LogP contribution is 2.17. The second-order valence-corrected chi connectivity index (χ2v) is 8.98. The summed E-state index contributed by atoms with van der Waals surface area (Å²) in [4.78, 5) is 12.2. The number of amides is 1. The number of halogens is 1. The van der Waals surface area contributed by atoms with Gasteiger partial charge in [-0.1, -0.05) is 36.2 Å². The number of hydrogen-bond donors (Lipinski definition) is 2. The molecule has 0 bridgehead atoms. The van der Waals surface area contributed by atoms with Crippen molar-refractivity contribution in [1.29, 1.82) is 0 Å². The smallest absolute Gasteiger partial charge is 0.240 e. The highest BCUT2D eigenvalue weighted by Gasteiger charge is 2.12. The van der Waals surface area contributed by atoms with Gasteiger partial charge >= 0.3 is 0 Å². The van der Waals surface area contributed by atoms with Crippen LogP contribution >= 0.6 is 22.6 Å². The second-order valence-electron chi connectivity index (χ2n) is 6.05. The van der Waals surface area contributed by atoms with E-state index >= 15 is 0 Å². The molecule has 2 N–H and O–H groups in total. The highest BCUT2D eigenvalue weighted by atomic mass is 127. The predicted molar refractivity (Wildman–Crippen MR) is 113 cm³/mol. The van der Waals surface area contributed by atoms with Gasteiger partial charge in [0.15, 0.2) is 0 Å². The number of carbonyl (C=O) groups excluding carboxylic acids is 1. The Labute approximate surface area is 168 Å². The van der Waals surface area contributed by atoms with Crippen LogP contribution in [0.1, 0.15) is 31.2 Å². The first kappa shape index (κ1) is 20.9. The largest absolute Gasteiger partial charge is 0.325 e. The van der Waals surface area contributed by atoms with E-state index in [1.54, 1.807) is 24.3 Å². The molecule has 2 rings (SSSR count). The lowest BCUT2D eigenvalue weighted by Gasteiger charge is -2.08. The first-order valence-electron chi connectivity index (χ1n) is 8.49. The van der Waals surface area contributed by atoms with Crippen molar-refractivity contribution in [2.45, 2.75) is 37.5 Å². The van der Waals surface area contributed by atoms with Crippen LogP contribution in [0.3, 0.4) is 0 Å². The van der Waals surface area contributed by atoms with E-state index in [1.165, 1.54) is 0 Å². The average Bonchev–Trinajstić information content (AvgIpc) is 2.60. The summed E-state index contributed by atoms with van der Waals surface area (Å²) in [7, 11) is -3.46. The van der Waals surface area contributed by atoms with E-state index in [0.29, 0.717) is 19.4 Å². The summed E-state index contributed by atoms with van der Waals surface area (Å²) >= 11 is 2.18. The summed E-state index contributed by atoms with van der Waals surface area (Å²) in [6.07, 6.45) is 2.63. The number of hydrogen-bond acceptors (Lipinski definition) is 3. The number of aryl methyl sites for hydroxylation is 1. The standard InChI is InChI=1S/C19H23IN2O3S/c1-15-10-12-16(13-11-15)26(24,25)21-14-6-2-3-9-19(23)22-18-8-5-4-7-17(18)20/h4-5,7-8,10-13,21H,2-3,6,9,14H2,1H3,(H,22,23). The Hall–Kier alpha value is -1.45. The molecular formula is C19H23IN2O3S. The van der Waals surface area contributed by atoms with Crippen LogP contribution in [0.15, 0.2) is 53.4 Å². The van der Waals surface area contributed by atoms with E-state index < -0.39 is 10.0 Å². The fourth-order valence-electron chi connectivity index (χ4n) is 2.37. The van der Waals surface area contributed by atoms with E-state index in [0.717, 1.165) is 27.7 Å². The van der Waals surface area contributed by atoms with Gasteiger partial charge in [-0.3, -0.25) is 4.79 Å². The Kier molecular flexibility index (Phi) is 8.05. The Morgan fingerprint density at radius 1 is 1.00 bits per heavy atom. The van der Waals surface area contributed by atoms with Gasteiger partial charge in [0.05, 0.1) is 10.6 Å². The lowest BCUT2D eigenvalue weighted by Crippen LogP contribution is -2.24. The summed E-state index contributed by atoms with van der Waals surface area (Å²) in [5.41, 5.74) is 1.84. The number of benzene rings is 2. The second kappa shape index (κ2) is 10.0. The number of carbonyl (C=O) groups is 1. The zero-order valence-electron chi connectivity index (χ0n) is 14.7. The molecule has 0 aliphatic rings. The van der Waals surface area contributed by atoms with Crippen LogP contribution in [-0.4, -0.2) is 20.9 Å². The molecule has 0 aliphatic carbocycles. The molecule has 0 heterocycles. The minimum atomic E-state index is -3.46. The lowest BCUT2D eigenvalue weighted by molar-refractivity contribution is -0.116. The molecule has 0 saturated heterocycles. The lowest BCUT2D eigenvalue weighted by atomic mass is 10.2. The third-order valence-electron chi connectivity index (χ3n) is 3.85. The van der Waals surface area contributed by atoms with E-state index in [-0.39, 0.29) is 10.8 Å². The van der Waals surface area contributed by atoms with Crippen molar-refractivity contribution in [3.05, 3.63) is 57.7 Å². The molecule has 1 amide bonds. The van der Waals surface area contributed by atoms with Gasteiger partial charge in [0.2, 0.25) is 15.9 Å². The number of sulfonamides is 1. The maximum atomic E-state index is 12.1. The van der Waals surface area contributed by atoms with Crippen LogP contribution in [-0.2, 0) is 14.8 Å². The van der Waals surface area contributed by atoms with E-state index in [9.17, 15) is 13.2 Å². The van der Waals surface area contributed by atoms with Crippen LogP contribution in [0, 0.1) is 10.5 Å². The molecule has 7 heteroatoms. The summed E-state index contributed by atoms with van der Waals surface area (Å²) in [5, 5.41) is 2.89. The molecule has 0 unspecified atom stereocenters. The topological polar surface area (TPSA) is 75.3 Å². The maximum Gasteiger partial charge on any atom is 0.240 e. The Bertz CT molecular complexity index is 836. The molecule has 2 aromatic carbocycles. The van der Waals surface area contributed by atoms with Gasteiger partial charge < -0.3 is 5.32 Å². The zero-order valence-corrected chi connectivity index (χ0v) is 17.6. The molecule has 26 heavy (non-hydrogen) atoms. The fraction of sp³-hybridized carbons (Fsp3) is 0.316. The normalized spacial score (nSPS) is 11.3. The van der Waals surface area contributed by atoms with Crippen LogP contribution in [0.2, 0.25) is 0 Å². The van der Waals surface area contributed by atoms with Gasteiger partial charge in [0.25, 0.3) is 0 Å². The predicted octanol–water partition coefficient (Wildman–Crippen LogP) is 4.08. The Morgan fingerprint density at radius 2 is 1.69 bits per heavy atom. The highest BCUT2D eigenvalue weighted by molar-refractivity contribution is 14.1. The van der Waals surface area contributed by atoms with Crippen molar-refractivity contribution in [2.75, 3.05) is 11.9 Å². The van der Waals surface area contributed by atoms with Gasteiger partial charge in [-0.2, -0.15) is 0 Å². The van der Waals surface area contributed by atoms with Crippen molar-refractivity contribution in [2.24, 2.45) is 0 Å². The van der Waals surface area contributed by atoms with Crippen molar-refractivity contribution in [3.63, 3.8) is 0 Å². The third-order valence-corrected chi connectivity index (χ3v) is 6.27. The van der Waals surface area contributed by atoms with Gasteiger partial charge in [0.1, 0.15) is 0 Å². The first-order chi connectivity index (χ1) is 12.4. The molecule has 140 valence electrons. The van der Waals surface area contributed by atoms with Crippen LogP contribution in [0.5, 0.6) is 0 Å². The molecule has 0 spiro atoms. The van der Waals surface area contributed by atoms with E-state index in [4.69, 9.17) is 0 Å². The zero-order chi connectivity index (χ0) is 19.0. The average molecular weight is 486 g/mol. The summed E-state index contributed by atoms with van der Waals surface area (Å²) < 4.78 is 27.9. The van der Waals surface area contributed by atoms with Crippen molar-refractivity contribution >= 4 is 44.2 Å². The number of para-hydroxylation sites is 1. The van der Waals surface area contributed by atoms with E-state index in [2.05, 4.69) is 32.6 Å². The molecule has 0 fully saturated rings. The van der Waals surface area contributed by atoms with E-state index in [1.807, 2.05) is 31.2 Å². The molecule has 0 atom stereocenters. The van der Waals surface area contributed by atoms with Gasteiger partial charge in [-0.25, -0.2) is 13.1 Å². The summed E-state index contributed by atoms with van der Waals surface area (Å²) in [5.74, 6) is -0.0191. The summed E-state index contributed by atoms with van der Waals surface area (Å²) in [6.45, 7) is 2.28. The maximum absolute atomic E-state index is 12.1. The SMILES string of the molecule is Cc1ccc(S(=O)(=O)NCCCCCC(=O)Nc2ccccc2I)cc1. The van der Waals surface area contributed by atoms with Crippen LogP contribution < -0.4 is 10.0 Å². The Balaban J connectivity index is 1.65. The van der Waals surface area contributed by atoms with Crippen LogP contribution in [0.25, 0.3) is 0 Å². The number of nitrogens with one attached hydrogen (secondary N) is 2. The van der Waals surface area contributed by atoms with Crippen molar-refractivity contribution in [1.82, 2.24) is 4.72 Å².